The molecule has 3 heteroatoms. The minimum Gasteiger partial charge on any atom is -0.393 e. The number of carbonyl (C=O) groups is 2. The number of hydrogen-bond donors (Lipinski definition) is 0. The van der Waals surface area contributed by atoms with Gasteiger partial charge in [-0.3, -0.25) is 9.59 Å². The standard InChI is InChI=1S/C9H8O3/c10-8-6-4-1-2-5(3-4)7(6)9(11)12-8/h1-2,4-7H,3H2/t4?,5?,6-,7+. The molecule has 62 valence electrons. The summed E-state index contributed by atoms with van der Waals surface area (Å²) >= 11 is 0. The Morgan fingerprint density at radius 2 is 1.58 bits per heavy atom. The van der Waals surface area contributed by atoms with Crippen LogP contribution in [0.1, 0.15) is 6.42 Å². The molecule has 4 atom stereocenters. The highest BCUT2D eigenvalue weighted by Gasteiger charge is 2.57. The summed E-state index contributed by atoms with van der Waals surface area (Å²) in [6.07, 6.45) is 5.06. The van der Waals surface area contributed by atoms with Gasteiger partial charge in [0.2, 0.25) is 0 Å². The molecule has 0 aromatic carbocycles. The number of carbonyl (C=O) groups excluding carboxylic acids is 2. The van der Waals surface area contributed by atoms with E-state index in [1.807, 2.05) is 12.2 Å². The lowest BCUT2D eigenvalue weighted by molar-refractivity contribution is -0.154. The van der Waals surface area contributed by atoms with E-state index in [1.54, 1.807) is 0 Å². The van der Waals surface area contributed by atoms with E-state index in [0.29, 0.717) is 0 Å². The van der Waals surface area contributed by atoms with Gasteiger partial charge < -0.3 is 4.74 Å². The Balaban J connectivity index is 2.08. The second-order valence-corrected chi connectivity index (χ2v) is 3.74. The van der Waals surface area contributed by atoms with E-state index in [4.69, 9.17) is 0 Å². The SMILES string of the molecule is O=C1OC(=O)[C@H]2C3C=CC(C3)[C@@H]12. The third-order valence-electron chi connectivity index (χ3n) is 3.20. The predicted octanol–water partition coefficient (Wildman–Crippen LogP) is 0.508. The van der Waals surface area contributed by atoms with E-state index < -0.39 is 0 Å². The lowest BCUT2D eigenvalue weighted by atomic mass is 9.85. The van der Waals surface area contributed by atoms with Crippen LogP contribution in [0.2, 0.25) is 0 Å². The maximum Gasteiger partial charge on any atom is 0.318 e. The van der Waals surface area contributed by atoms with Crippen molar-refractivity contribution in [3.05, 3.63) is 12.2 Å². The van der Waals surface area contributed by atoms with Crippen LogP contribution in [0.4, 0.5) is 0 Å². The zero-order valence-corrected chi connectivity index (χ0v) is 6.40. The van der Waals surface area contributed by atoms with Crippen LogP contribution in [0.5, 0.6) is 0 Å². The molecule has 1 heterocycles. The highest BCUT2D eigenvalue weighted by molar-refractivity contribution is 5.98. The summed E-state index contributed by atoms with van der Waals surface area (Å²) in [5.74, 6) is -0.346. The van der Waals surface area contributed by atoms with Crippen LogP contribution in [-0.4, -0.2) is 11.9 Å². The topological polar surface area (TPSA) is 43.4 Å². The molecule has 2 bridgehead atoms. The molecule has 0 N–H and O–H groups in total. The monoisotopic (exact) mass is 164 g/mol. The van der Waals surface area contributed by atoms with Gasteiger partial charge in [0.15, 0.2) is 0 Å². The molecule has 3 aliphatic rings. The number of cyclic esters (lactones) is 2. The Hall–Kier alpha value is -1.12. The molecule has 1 saturated carbocycles. The summed E-state index contributed by atoms with van der Waals surface area (Å²) in [5.41, 5.74) is 0. The first-order valence-electron chi connectivity index (χ1n) is 4.21. The second kappa shape index (κ2) is 1.79. The van der Waals surface area contributed by atoms with Crippen LogP contribution in [0, 0.1) is 23.7 Å². The minimum absolute atomic E-state index is 0.146. The number of rotatable bonds is 0. The molecule has 3 nitrogen and oxygen atoms in total. The van der Waals surface area contributed by atoms with Gasteiger partial charge in [-0.2, -0.15) is 0 Å². The smallest absolute Gasteiger partial charge is 0.318 e. The van der Waals surface area contributed by atoms with Gasteiger partial charge in [0.1, 0.15) is 0 Å². The van der Waals surface area contributed by atoms with Gasteiger partial charge in [0, 0.05) is 0 Å². The Morgan fingerprint density at radius 1 is 1.08 bits per heavy atom. The maximum atomic E-state index is 11.2. The number of fused-ring (bicyclic) bond motifs is 5. The fraction of sp³-hybridized carbons (Fsp3) is 0.556. The van der Waals surface area contributed by atoms with Crippen molar-refractivity contribution >= 4 is 11.9 Å². The van der Waals surface area contributed by atoms with Crippen LogP contribution in [-0.2, 0) is 14.3 Å². The molecule has 3 rings (SSSR count). The molecule has 1 saturated heterocycles. The lowest BCUT2D eigenvalue weighted by Crippen LogP contribution is -2.21. The Kier molecular flexibility index (Phi) is 0.953. The molecule has 0 aromatic heterocycles. The van der Waals surface area contributed by atoms with E-state index >= 15 is 0 Å². The van der Waals surface area contributed by atoms with Gasteiger partial charge in [-0.05, 0) is 18.3 Å². The zero-order chi connectivity index (χ0) is 8.29. The number of hydrogen-bond acceptors (Lipinski definition) is 3. The van der Waals surface area contributed by atoms with Crippen LogP contribution in [0.3, 0.4) is 0 Å². The van der Waals surface area contributed by atoms with Gasteiger partial charge in [-0.1, -0.05) is 12.2 Å². The quantitative estimate of drug-likeness (QED) is 0.297. The summed E-state index contributed by atoms with van der Waals surface area (Å²) in [7, 11) is 0. The molecule has 0 radical (unpaired) electrons. The Morgan fingerprint density at radius 3 is 2.08 bits per heavy atom. The predicted molar refractivity (Wildman–Crippen MR) is 38.8 cm³/mol. The fourth-order valence-corrected chi connectivity index (χ4v) is 2.70. The van der Waals surface area contributed by atoms with Gasteiger partial charge >= 0.3 is 11.9 Å². The average Bonchev–Trinajstić information content (AvgIpc) is 2.64. The number of ether oxygens (including phenoxy) is 1. The Labute approximate surface area is 69.4 Å². The molecule has 0 aromatic rings. The lowest BCUT2D eigenvalue weighted by Gasteiger charge is -2.12. The summed E-state index contributed by atoms with van der Waals surface area (Å²) in [4.78, 5) is 22.4. The van der Waals surface area contributed by atoms with Crippen LogP contribution < -0.4 is 0 Å². The number of allylic oxidation sites excluding steroid dienone is 2. The third kappa shape index (κ3) is 0.543. The van der Waals surface area contributed by atoms with Crippen LogP contribution in [0.25, 0.3) is 0 Å². The summed E-state index contributed by atoms with van der Waals surface area (Å²) in [6.45, 7) is 0. The molecule has 2 unspecified atom stereocenters. The minimum atomic E-state index is -0.304. The molecule has 12 heavy (non-hydrogen) atoms. The van der Waals surface area contributed by atoms with Crippen LogP contribution >= 0.6 is 0 Å². The Bertz CT molecular complexity index is 277. The van der Waals surface area contributed by atoms with E-state index in [2.05, 4.69) is 4.74 Å². The average molecular weight is 164 g/mol. The van der Waals surface area contributed by atoms with Crippen molar-refractivity contribution in [2.75, 3.05) is 0 Å². The van der Waals surface area contributed by atoms with Crippen LogP contribution in [0.15, 0.2) is 12.2 Å². The number of esters is 2. The highest BCUT2D eigenvalue weighted by atomic mass is 16.6. The third-order valence-corrected chi connectivity index (χ3v) is 3.20. The van der Waals surface area contributed by atoms with Crippen molar-refractivity contribution in [1.29, 1.82) is 0 Å². The molecular formula is C9H8O3. The van der Waals surface area contributed by atoms with E-state index in [-0.39, 0.29) is 35.6 Å². The fourth-order valence-electron chi connectivity index (χ4n) is 2.70. The molecule has 2 fully saturated rings. The molecule has 1 aliphatic heterocycles. The first kappa shape index (κ1) is 6.40. The molecular weight excluding hydrogens is 156 g/mol. The van der Waals surface area contributed by atoms with Crippen molar-refractivity contribution in [3.63, 3.8) is 0 Å². The van der Waals surface area contributed by atoms with Crippen molar-refractivity contribution in [1.82, 2.24) is 0 Å². The van der Waals surface area contributed by atoms with Gasteiger partial charge in [0.05, 0.1) is 11.8 Å². The van der Waals surface area contributed by atoms with Crippen molar-refractivity contribution in [2.24, 2.45) is 23.7 Å². The molecule has 0 amide bonds. The summed E-state index contributed by atoms with van der Waals surface area (Å²) in [5, 5.41) is 0. The molecule has 2 aliphatic carbocycles. The first-order chi connectivity index (χ1) is 5.77. The van der Waals surface area contributed by atoms with E-state index in [1.165, 1.54) is 0 Å². The largest absolute Gasteiger partial charge is 0.393 e. The van der Waals surface area contributed by atoms with E-state index in [9.17, 15) is 9.59 Å². The maximum absolute atomic E-state index is 11.2. The van der Waals surface area contributed by atoms with Gasteiger partial charge in [-0.25, -0.2) is 0 Å². The normalized spacial score (nSPS) is 48.3. The second-order valence-electron chi connectivity index (χ2n) is 3.74. The first-order valence-corrected chi connectivity index (χ1v) is 4.21. The highest BCUT2D eigenvalue weighted by Crippen LogP contribution is 2.51. The molecule has 0 spiro atoms. The summed E-state index contributed by atoms with van der Waals surface area (Å²) < 4.78 is 4.59. The van der Waals surface area contributed by atoms with Crippen molar-refractivity contribution < 1.29 is 14.3 Å². The summed E-state index contributed by atoms with van der Waals surface area (Å²) in [6, 6.07) is 0. The van der Waals surface area contributed by atoms with Crippen molar-refractivity contribution in [3.8, 4) is 0 Å². The van der Waals surface area contributed by atoms with Crippen molar-refractivity contribution in [2.45, 2.75) is 6.42 Å². The van der Waals surface area contributed by atoms with Gasteiger partial charge in [0.25, 0.3) is 0 Å². The van der Waals surface area contributed by atoms with Gasteiger partial charge in [-0.15, -0.1) is 0 Å². The van der Waals surface area contributed by atoms with E-state index in [0.717, 1.165) is 6.42 Å². The zero-order valence-electron chi connectivity index (χ0n) is 6.40.